The number of rotatable bonds is 5. The van der Waals surface area contributed by atoms with E-state index in [0.717, 1.165) is 30.6 Å². The third-order valence-corrected chi connectivity index (χ3v) is 6.43. The van der Waals surface area contributed by atoms with Gasteiger partial charge in [-0.3, -0.25) is 24.1 Å². The number of piperazine rings is 1. The van der Waals surface area contributed by atoms with Crippen molar-refractivity contribution in [2.75, 3.05) is 45.8 Å². The fourth-order valence-corrected chi connectivity index (χ4v) is 4.52. The topological polar surface area (TPSA) is 122 Å². The number of primary amides is 1. The zero-order valence-electron chi connectivity index (χ0n) is 18.7. The van der Waals surface area contributed by atoms with E-state index in [1.807, 2.05) is 4.90 Å². The van der Waals surface area contributed by atoms with Gasteiger partial charge in [-0.05, 0) is 18.9 Å². The molecule has 0 radical (unpaired) electrons. The zero-order valence-corrected chi connectivity index (χ0v) is 18.7. The number of carbonyl (C=O) groups is 3. The van der Waals surface area contributed by atoms with Crippen LogP contribution in [0.2, 0.25) is 0 Å². The minimum Gasteiger partial charge on any atom is -0.364 e. The number of fused-ring (bicyclic) bond motifs is 1. The van der Waals surface area contributed by atoms with Crippen LogP contribution in [0.4, 0.5) is 0 Å². The second-order valence-electron chi connectivity index (χ2n) is 8.67. The van der Waals surface area contributed by atoms with Gasteiger partial charge >= 0.3 is 0 Å². The van der Waals surface area contributed by atoms with Gasteiger partial charge in [-0.25, -0.2) is 4.68 Å². The Morgan fingerprint density at radius 3 is 2.00 bits per heavy atom. The van der Waals surface area contributed by atoms with Crippen LogP contribution in [0.3, 0.4) is 0 Å². The normalized spacial score (nSPS) is 17.7. The van der Waals surface area contributed by atoms with E-state index in [-0.39, 0.29) is 24.1 Å². The molecule has 0 saturated carbocycles. The molecule has 2 fully saturated rings. The van der Waals surface area contributed by atoms with Gasteiger partial charge in [0.2, 0.25) is 11.8 Å². The highest BCUT2D eigenvalue weighted by atomic mass is 16.2. The minimum absolute atomic E-state index is 0.0326. The maximum absolute atomic E-state index is 12.9. The maximum Gasteiger partial charge on any atom is 0.275 e. The Labute approximate surface area is 191 Å². The first kappa shape index (κ1) is 22.9. The van der Waals surface area contributed by atoms with Gasteiger partial charge in [-0.2, -0.15) is 5.10 Å². The first-order chi connectivity index (χ1) is 15.9. The Balaban J connectivity index is 1.37. The summed E-state index contributed by atoms with van der Waals surface area (Å²) in [6.45, 7) is 3.90. The predicted molar refractivity (Wildman–Crippen MR) is 123 cm³/mol. The van der Waals surface area contributed by atoms with Gasteiger partial charge in [0.15, 0.2) is 5.69 Å². The molecular formula is C23H30N6O4. The van der Waals surface area contributed by atoms with Crippen LogP contribution < -0.4 is 11.3 Å². The van der Waals surface area contributed by atoms with Gasteiger partial charge in [-0.1, -0.05) is 31.0 Å². The van der Waals surface area contributed by atoms with E-state index >= 15 is 0 Å². The SMILES string of the molecule is NC(=O)c1nn(CC(=O)N2CCN(CC(=O)N3CCCCCC3)CC2)c(=O)c2ccccc12. The maximum atomic E-state index is 12.9. The third-order valence-electron chi connectivity index (χ3n) is 6.43. The quantitative estimate of drug-likeness (QED) is 0.681. The summed E-state index contributed by atoms with van der Waals surface area (Å²) in [6, 6.07) is 6.59. The third kappa shape index (κ3) is 5.22. The molecule has 33 heavy (non-hydrogen) atoms. The molecule has 0 aliphatic carbocycles. The van der Waals surface area contributed by atoms with E-state index in [1.54, 1.807) is 29.2 Å². The van der Waals surface area contributed by atoms with Crippen LogP contribution in [0, 0.1) is 0 Å². The lowest BCUT2D eigenvalue weighted by atomic mass is 10.1. The van der Waals surface area contributed by atoms with Crippen molar-refractivity contribution in [2.45, 2.75) is 32.2 Å². The highest BCUT2D eigenvalue weighted by Crippen LogP contribution is 2.13. The van der Waals surface area contributed by atoms with Crippen molar-refractivity contribution in [1.82, 2.24) is 24.5 Å². The summed E-state index contributed by atoms with van der Waals surface area (Å²) < 4.78 is 1.01. The summed E-state index contributed by atoms with van der Waals surface area (Å²) in [5.74, 6) is -0.855. The van der Waals surface area contributed by atoms with Gasteiger partial charge in [0.25, 0.3) is 11.5 Å². The number of carbonyl (C=O) groups excluding carboxylic acids is 3. The van der Waals surface area contributed by atoms with Crippen LogP contribution in [0.1, 0.15) is 36.2 Å². The highest BCUT2D eigenvalue weighted by Gasteiger charge is 2.25. The van der Waals surface area contributed by atoms with Crippen molar-refractivity contribution < 1.29 is 14.4 Å². The number of hydrogen-bond acceptors (Lipinski definition) is 6. The second-order valence-corrected chi connectivity index (χ2v) is 8.67. The van der Waals surface area contributed by atoms with E-state index in [0.29, 0.717) is 43.5 Å². The number of benzene rings is 1. The molecule has 0 spiro atoms. The Morgan fingerprint density at radius 2 is 1.36 bits per heavy atom. The van der Waals surface area contributed by atoms with Crippen molar-refractivity contribution in [3.8, 4) is 0 Å². The van der Waals surface area contributed by atoms with E-state index in [9.17, 15) is 19.2 Å². The van der Waals surface area contributed by atoms with Crippen molar-refractivity contribution in [2.24, 2.45) is 5.73 Å². The van der Waals surface area contributed by atoms with Crippen molar-refractivity contribution in [3.05, 3.63) is 40.3 Å². The van der Waals surface area contributed by atoms with Gasteiger partial charge in [0, 0.05) is 44.7 Å². The molecule has 2 aliphatic rings. The molecule has 1 aromatic heterocycles. The van der Waals surface area contributed by atoms with E-state index in [4.69, 9.17) is 5.73 Å². The first-order valence-corrected chi connectivity index (χ1v) is 11.5. The zero-order chi connectivity index (χ0) is 23.4. The molecule has 0 atom stereocenters. The minimum atomic E-state index is -0.755. The smallest absolute Gasteiger partial charge is 0.275 e. The van der Waals surface area contributed by atoms with Crippen molar-refractivity contribution in [3.63, 3.8) is 0 Å². The molecule has 0 unspecified atom stereocenters. The summed E-state index contributed by atoms with van der Waals surface area (Å²) in [5.41, 5.74) is 4.97. The van der Waals surface area contributed by atoms with Crippen LogP contribution in [-0.2, 0) is 16.1 Å². The number of nitrogens with zero attached hydrogens (tertiary/aromatic N) is 5. The second kappa shape index (κ2) is 10.1. The lowest BCUT2D eigenvalue weighted by Gasteiger charge is -2.35. The number of amides is 3. The van der Waals surface area contributed by atoms with Gasteiger partial charge in [0.1, 0.15) is 6.54 Å². The molecule has 3 heterocycles. The summed E-state index contributed by atoms with van der Waals surface area (Å²) in [4.78, 5) is 55.8. The Morgan fingerprint density at radius 1 is 0.788 bits per heavy atom. The van der Waals surface area contributed by atoms with Crippen LogP contribution in [0.5, 0.6) is 0 Å². The predicted octanol–water partition coefficient (Wildman–Crippen LogP) is 0.0422. The molecule has 2 aromatic rings. The fourth-order valence-electron chi connectivity index (χ4n) is 4.52. The summed E-state index contributed by atoms with van der Waals surface area (Å²) in [5, 5.41) is 4.74. The molecule has 10 nitrogen and oxygen atoms in total. The lowest BCUT2D eigenvalue weighted by molar-refractivity contribution is -0.135. The Kier molecular flexibility index (Phi) is 7.02. The number of likely N-dealkylation sites (tertiary alicyclic amines) is 1. The summed E-state index contributed by atoms with van der Waals surface area (Å²) in [7, 11) is 0. The average molecular weight is 455 g/mol. The first-order valence-electron chi connectivity index (χ1n) is 11.5. The van der Waals surface area contributed by atoms with Crippen molar-refractivity contribution in [1.29, 1.82) is 0 Å². The number of hydrogen-bond donors (Lipinski definition) is 1. The van der Waals surface area contributed by atoms with E-state index in [2.05, 4.69) is 10.00 Å². The largest absolute Gasteiger partial charge is 0.364 e. The monoisotopic (exact) mass is 454 g/mol. The fraction of sp³-hybridized carbons (Fsp3) is 0.522. The molecule has 10 heteroatoms. The Bertz CT molecular complexity index is 1100. The van der Waals surface area contributed by atoms with Crippen LogP contribution in [-0.4, -0.2) is 88.0 Å². The lowest BCUT2D eigenvalue weighted by Crippen LogP contribution is -2.52. The van der Waals surface area contributed by atoms with Crippen molar-refractivity contribution >= 4 is 28.5 Å². The van der Waals surface area contributed by atoms with Crippen LogP contribution >= 0.6 is 0 Å². The van der Waals surface area contributed by atoms with Crippen LogP contribution in [0.15, 0.2) is 29.1 Å². The number of aromatic nitrogens is 2. The molecule has 176 valence electrons. The molecular weight excluding hydrogens is 424 g/mol. The summed E-state index contributed by atoms with van der Waals surface area (Å²) >= 11 is 0. The molecule has 3 amide bonds. The standard InChI is InChI=1S/C23H30N6O4/c24-22(32)21-17-7-3-4-8-18(17)23(33)29(25-21)16-20(31)28-13-11-26(12-14-28)15-19(30)27-9-5-1-2-6-10-27/h3-4,7-8H,1-2,5-6,9-16H2,(H2,24,32). The molecule has 2 saturated heterocycles. The molecule has 0 bridgehead atoms. The Hall–Kier alpha value is -3.27. The van der Waals surface area contributed by atoms with Gasteiger partial charge in [0.05, 0.1) is 11.9 Å². The summed E-state index contributed by atoms with van der Waals surface area (Å²) in [6.07, 6.45) is 4.49. The van der Waals surface area contributed by atoms with Crippen LogP contribution in [0.25, 0.3) is 10.8 Å². The van der Waals surface area contributed by atoms with E-state index in [1.165, 1.54) is 12.8 Å². The number of nitrogens with two attached hydrogens (primary N) is 1. The van der Waals surface area contributed by atoms with Gasteiger partial charge < -0.3 is 15.5 Å². The molecule has 2 aliphatic heterocycles. The average Bonchev–Trinajstić information content (AvgIpc) is 3.11. The molecule has 2 N–H and O–H groups in total. The molecule has 1 aromatic carbocycles. The highest BCUT2D eigenvalue weighted by molar-refractivity contribution is 6.04. The van der Waals surface area contributed by atoms with Gasteiger partial charge in [-0.15, -0.1) is 0 Å². The molecule has 4 rings (SSSR count). The van der Waals surface area contributed by atoms with E-state index < -0.39 is 11.5 Å².